The lowest BCUT2D eigenvalue weighted by Crippen LogP contribution is -2.33. The topological polar surface area (TPSA) is 41.1 Å². The molecule has 1 amide bonds. The lowest BCUT2D eigenvalue weighted by Gasteiger charge is -2.14. The van der Waals surface area contributed by atoms with Gasteiger partial charge in [0.25, 0.3) is 0 Å². The van der Waals surface area contributed by atoms with E-state index >= 15 is 0 Å². The number of carbonyl (C=O) groups excluding carboxylic acids is 1. The quantitative estimate of drug-likeness (QED) is 0.645. The smallest absolute Gasteiger partial charge is 0.250 e. The number of carbonyl (C=O) groups is 1. The van der Waals surface area contributed by atoms with E-state index in [1.54, 1.807) is 18.2 Å². The number of nitrogens with one attached hydrogen (secondary N) is 2. The van der Waals surface area contributed by atoms with Crippen LogP contribution in [0.3, 0.4) is 0 Å². The molecule has 2 N–H and O–H groups in total. The highest BCUT2D eigenvalue weighted by Crippen LogP contribution is 2.20. The summed E-state index contributed by atoms with van der Waals surface area (Å²) in [6.07, 6.45) is 3.83. The lowest BCUT2D eigenvalue weighted by molar-refractivity contribution is -0.115. The summed E-state index contributed by atoms with van der Waals surface area (Å²) in [6, 6.07) is 11.9. The molecule has 24 heavy (non-hydrogen) atoms. The summed E-state index contributed by atoms with van der Waals surface area (Å²) in [5.41, 5.74) is 3.85. The number of anilines is 1. The van der Waals surface area contributed by atoms with Crippen LogP contribution in [0.2, 0.25) is 0 Å². The first kappa shape index (κ1) is 17.8. The van der Waals surface area contributed by atoms with Crippen LogP contribution in [0.1, 0.15) is 23.6 Å². The third-order valence-electron chi connectivity index (χ3n) is 3.51. The van der Waals surface area contributed by atoms with Gasteiger partial charge in [0.1, 0.15) is 5.82 Å². The van der Waals surface area contributed by atoms with Gasteiger partial charge in [-0.25, -0.2) is 4.39 Å². The number of aryl methyl sites for hydroxylation is 2. The van der Waals surface area contributed by atoms with Gasteiger partial charge in [0.15, 0.2) is 5.11 Å². The number of amides is 1. The van der Waals surface area contributed by atoms with Gasteiger partial charge in [0.05, 0.1) is 0 Å². The first-order chi connectivity index (χ1) is 11.5. The van der Waals surface area contributed by atoms with Crippen LogP contribution < -0.4 is 10.6 Å². The normalized spacial score (nSPS) is 10.6. The van der Waals surface area contributed by atoms with Gasteiger partial charge in [0.2, 0.25) is 5.91 Å². The van der Waals surface area contributed by atoms with Crippen molar-refractivity contribution in [1.82, 2.24) is 5.32 Å². The van der Waals surface area contributed by atoms with Crippen molar-refractivity contribution >= 4 is 35.0 Å². The maximum atomic E-state index is 12.8. The maximum absolute atomic E-state index is 12.8. The Labute approximate surface area is 146 Å². The zero-order valence-corrected chi connectivity index (χ0v) is 14.4. The maximum Gasteiger partial charge on any atom is 0.250 e. The van der Waals surface area contributed by atoms with Crippen molar-refractivity contribution in [2.75, 3.05) is 5.32 Å². The zero-order chi connectivity index (χ0) is 17.5. The van der Waals surface area contributed by atoms with E-state index in [1.165, 1.54) is 18.2 Å². The minimum absolute atomic E-state index is 0.243. The molecule has 0 fully saturated rings. The van der Waals surface area contributed by atoms with Gasteiger partial charge in [-0.05, 0) is 60.5 Å². The molecule has 0 radical (unpaired) electrons. The van der Waals surface area contributed by atoms with Crippen molar-refractivity contribution in [1.29, 1.82) is 0 Å². The molecule has 0 unspecified atom stereocenters. The van der Waals surface area contributed by atoms with Gasteiger partial charge < -0.3 is 5.32 Å². The Balaban J connectivity index is 1.97. The van der Waals surface area contributed by atoms with Gasteiger partial charge in [0, 0.05) is 11.8 Å². The van der Waals surface area contributed by atoms with Crippen LogP contribution >= 0.6 is 12.2 Å². The number of halogens is 1. The van der Waals surface area contributed by atoms with Crippen LogP contribution in [0.5, 0.6) is 0 Å². The fourth-order valence-corrected chi connectivity index (χ4v) is 2.45. The number of para-hydroxylation sites is 1. The molecule has 5 heteroatoms. The Hall–Kier alpha value is -2.53. The summed E-state index contributed by atoms with van der Waals surface area (Å²) in [4.78, 5) is 11.9. The Morgan fingerprint density at radius 3 is 2.58 bits per heavy atom. The summed E-state index contributed by atoms with van der Waals surface area (Å²) in [6.45, 7) is 4.05. The van der Waals surface area contributed by atoms with Crippen molar-refractivity contribution in [3.63, 3.8) is 0 Å². The van der Waals surface area contributed by atoms with E-state index in [1.807, 2.05) is 25.1 Å². The average Bonchev–Trinajstić information content (AvgIpc) is 2.56. The van der Waals surface area contributed by atoms with Gasteiger partial charge >= 0.3 is 0 Å². The number of benzene rings is 2. The summed E-state index contributed by atoms with van der Waals surface area (Å²) in [7, 11) is 0. The van der Waals surface area contributed by atoms with Crippen LogP contribution in [0, 0.1) is 12.7 Å². The fourth-order valence-electron chi connectivity index (χ4n) is 2.25. The fraction of sp³-hybridized carbons (Fsp3) is 0.158. The molecule has 0 saturated heterocycles. The van der Waals surface area contributed by atoms with Crippen molar-refractivity contribution < 1.29 is 9.18 Å². The zero-order valence-electron chi connectivity index (χ0n) is 13.6. The van der Waals surface area contributed by atoms with Crippen molar-refractivity contribution in [3.8, 4) is 0 Å². The molecule has 0 aliphatic carbocycles. The van der Waals surface area contributed by atoms with Crippen LogP contribution in [-0.2, 0) is 11.2 Å². The van der Waals surface area contributed by atoms with E-state index in [0.29, 0.717) is 0 Å². The molecule has 0 bridgehead atoms. The highest BCUT2D eigenvalue weighted by Gasteiger charge is 2.07. The second-order valence-corrected chi connectivity index (χ2v) is 5.70. The van der Waals surface area contributed by atoms with Crippen molar-refractivity contribution in [2.45, 2.75) is 20.3 Å². The predicted octanol–water partition coefficient (Wildman–Crippen LogP) is 4.22. The molecule has 0 saturated carbocycles. The predicted molar refractivity (Wildman–Crippen MR) is 100 cm³/mol. The molecule has 0 aliphatic heterocycles. The van der Waals surface area contributed by atoms with Crippen LogP contribution in [0.25, 0.3) is 6.08 Å². The Kier molecular flexibility index (Phi) is 6.21. The molecule has 0 atom stereocenters. The average molecular weight is 342 g/mol. The Morgan fingerprint density at radius 2 is 1.92 bits per heavy atom. The summed E-state index contributed by atoms with van der Waals surface area (Å²) in [5, 5.41) is 5.93. The van der Waals surface area contributed by atoms with Crippen molar-refractivity contribution in [2.24, 2.45) is 0 Å². The van der Waals surface area contributed by atoms with Crippen LogP contribution in [0.4, 0.5) is 10.1 Å². The number of rotatable bonds is 4. The Bertz CT molecular complexity index is 769. The number of hydrogen-bond acceptors (Lipinski definition) is 2. The highest BCUT2D eigenvalue weighted by atomic mass is 32.1. The van der Waals surface area contributed by atoms with Gasteiger partial charge in [-0.2, -0.15) is 0 Å². The number of thiocarbonyl (C=S) groups is 1. The van der Waals surface area contributed by atoms with E-state index in [2.05, 4.69) is 17.6 Å². The second kappa shape index (κ2) is 8.36. The molecule has 0 spiro atoms. The lowest BCUT2D eigenvalue weighted by atomic mass is 10.1. The monoisotopic (exact) mass is 342 g/mol. The minimum Gasteiger partial charge on any atom is -0.332 e. The third kappa shape index (κ3) is 4.99. The largest absolute Gasteiger partial charge is 0.332 e. The van der Waals surface area contributed by atoms with Gasteiger partial charge in [-0.15, -0.1) is 0 Å². The SMILES string of the molecule is CCc1cccc(C)c1NC(=S)NC(=O)/C=C/c1ccc(F)cc1. The Morgan fingerprint density at radius 1 is 1.21 bits per heavy atom. The minimum atomic E-state index is -0.344. The van der Waals surface area contributed by atoms with Gasteiger partial charge in [-0.3, -0.25) is 10.1 Å². The van der Waals surface area contributed by atoms with Crippen molar-refractivity contribution in [3.05, 3.63) is 71.0 Å². The molecular formula is C19H19FN2OS. The molecule has 0 aliphatic rings. The van der Waals surface area contributed by atoms with E-state index < -0.39 is 0 Å². The first-order valence-corrected chi connectivity index (χ1v) is 8.04. The van der Waals surface area contributed by atoms with E-state index in [-0.39, 0.29) is 16.8 Å². The molecule has 0 aromatic heterocycles. The van der Waals surface area contributed by atoms with Crippen LogP contribution in [0.15, 0.2) is 48.5 Å². The highest BCUT2D eigenvalue weighted by molar-refractivity contribution is 7.80. The molecule has 0 heterocycles. The summed E-state index contributed by atoms with van der Waals surface area (Å²) < 4.78 is 12.8. The molecule has 2 aromatic rings. The second-order valence-electron chi connectivity index (χ2n) is 5.29. The van der Waals surface area contributed by atoms with Gasteiger partial charge in [-0.1, -0.05) is 37.3 Å². The third-order valence-corrected chi connectivity index (χ3v) is 3.72. The summed E-state index contributed by atoms with van der Waals surface area (Å²) >= 11 is 5.20. The van der Waals surface area contributed by atoms with E-state index in [0.717, 1.165) is 28.8 Å². The first-order valence-electron chi connectivity index (χ1n) is 7.63. The molecule has 2 rings (SSSR count). The summed E-state index contributed by atoms with van der Waals surface area (Å²) in [5.74, 6) is -0.657. The van der Waals surface area contributed by atoms with Crippen LogP contribution in [-0.4, -0.2) is 11.0 Å². The molecule has 124 valence electrons. The molecule has 3 nitrogen and oxygen atoms in total. The standard InChI is InChI=1S/C19H19FN2OS/c1-3-15-6-4-5-13(2)18(15)22-19(24)21-17(23)12-9-14-7-10-16(20)11-8-14/h4-12H,3H2,1-2H3,(H2,21,22,23,24)/b12-9+. The van der Waals surface area contributed by atoms with E-state index in [4.69, 9.17) is 12.2 Å². The number of hydrogen-bond donors (Lipinski definition) is 2. The molecule has 2 aromatic carbocycles. The molecular weight excluding hydrogens is 323 g/mol. The van der Waals surface area contributed by atoms with E-state index in [9.17, 15) is 9.18 Å².